The molecule has 0 bridgehead atoms. The first-order chi connectivity index (χ1) is 12.7. The zero-order valence-electron chi connectivity index (χ0n) is 16.2. The van der Waals surface area contributed by atoms with Crippen LogP contribution >= 0.6 is 22.7 Å². The first-order valence-corrected chi connectivity index (χ1v) is 11.6. The van der Waals surface area contributed by atoms with Crippen LogP contribution in [0.4, 0.5) is 0 Å². The molecule has 26 heavy (non-hydrogen) atoms. The largest absolute Gasteiger partial charge is 0.396 e. The van der Waals surface area contributed by atoms with Crippen molar-refractivity contribution in [3.05, 3.63) is 32.2 Å². The van der Waals surface area contributed by atoms with Gasteiger partial charge in [0.2, 0.25) is 11.0 Å². The van der Waals surface area contributed by atoms with Crippen molar-refractivity contribution in [1.82, 2.24) is 0 Å². The van der Waals surface area contributed by atoms with Crippen LogP contribution in [0.25, 0.3) is 0 Å². The second-order valence-corrected chi connectivity index (χ2v) is 8.80. The molecular formula is C20H34N2O2S2+2. The van der Waals surface area contributed by atoms with E-state index in [1.54, 1.807) is 22.7 Å². The summed E-state index contributed by atoms with van der Waals surface area (Å²) in [6.07, 6.45) is 9.27. The van der Waals surface area contributed by atoms with Crippen molar-refractivity contribution >= 4 is 22.7 Å². The van der Waals surface area contributed by atoms with Crippen molar-refractivity contribution < 1.29 is 19.3 Å². The molecule has 0 radical (unpaired) electrons. The van der Waals surface area contributed by atoms with E-state index in [4.69, 9.17) is 10.2 Å². The minimum Gasteiger partial charge on any atom is -0.396 e. The van der Waals surface area contributed by atoms with Gasteiger partial charge in [-0.3, -0.25) is 0 Å². The first kappa shape index (κ1) is 21.5. The van der Waals surface area contributed by atoms with Gasteiger partial charge in [-0.05, 0) is 12.8 Å². The number of nitrogens with zero attached hydrogens (tertiary/aromatic N) is 2. The fourth-order valence-electron chi connectivity index (χ4n) is 3.30. The number of hydrogen-bond acceptors (Lipinski definition) is 4. The summed E-state index contributed by atoms with van der Waals surface area (Å²) in [4.78, 5) is 2.63. The number of aromatic nitrogens is 2. The van der Waals surface area contributed by atoms with Gasteiger partial charge in [0.15, 0.2) is 11.4 Å². The number of aryl methyl sites for hydroxylation is 2. The van der Waals surface area contributed by atoms with E-state index >= 15 is 0 Å². The zero-order chi connectivity index (χ0) is 18.8. The topological polar surface area (TPSA) is 48.2 Å². The molecule has 2 N–H and O–H groups in total. The van der Waals surface area contributed by atoms with E-state index in [-0.39, 0.29) is 13.2 Å². The summed E-state index contributed by atoms with van der Waals surface area (Å²) < 4.78 is 4.69. The Morgan fingerprint density at radius 3 is 1.46 bits per heavy atom. The Balaban J connectivity index is 1.54. The SMILES string of the molecule is Cc1c(CCO)sc[n+]1CCCCCCCC[n+]1csc(CCO)c1C. The van der Waals surface area contributed by atoms with Gasteiger partial charge in [-0.25, -0.2) is 0 Å². The average molecular weight is 399 g/mol. The quantitative estimate of drug-likeness (QED) is 0.402. The monoisotopic (exact) mass is 398 g/mol. The van der Waals surface area contributed by atoms with Gasteiger partial charge >= 0.3 is 0 Å². The molecule has 0 atom stereocenters. The molecule has 2 heterocycles. The van der Waals surface area contributed by atoms with Crippen molar-refractivity contribution in [2.75, 3.05) is 13.2 Å². The Labute approximate surface area is 165 Å². The summed E-state index contributed by atoms with van der Waals surface area (Å²) in [5, 5.41) is 18.1. The molecule has 0 aromatic carbocycles. The lowest BCUT2D eigenvalue weighted by molar-refractivity contribution is -0.699. The summed E-state index contributed by atoms with van der Waals surface area (Å²) in [5.41, 5.74) is 7.05. The second kappa shape index (κ2) is 11.8. The van der Waals surface area contributed by atoms with Crippen LogP contribution in [0.5, 0.6) is 0 Å². The molecule has 0 fully saturated rings. The molecule has 4 nitrogen and oxygen atoms in total. The molecule has 0 aliphatic carbocycles. The number of thiazole rings is 2. The molecule has 0 saturated heterocycles. The lowest BCUT2D eigenvalue weighted by atomic mass is 10.1. The smallest absolute Gasteiger partial charge is 0.225 e. The normalized spacial score (nSPS) is 11.4. The number of rotatable bonds is 13. The van der Waals surface area contributed by atoms with Gasteiger partial charge in [0, 0.05) is 52.7 Å². The minimum absolute atomic E-state index is 0.243. The summed E-state index contributed by atoms with van der Waals surface area (Å²) >= 11 is 3.53. The second-order valence-electron chi connectivity index (χ2n) is 6.92. The van der Waals surface area contributed by atoms with Gasteiger partial charge in [0.1, 0.15) is 13.1 Å². The van der Waals surface area contributed by atoms with Crippen LogP contribution in [-0.2, 0) is 25.9 Å². The van der Waals surface area contributed by atoms with E-state index in [2.05, 4.69) is 34.0 Å². The molecule has 146 valence electrons. The van der Waals surface area contributed by atoms with Gasteiger partial charge in [-0.1, -0.05) is 35.5 Å². The van der Waals surface area contributed by atoms with Crippen LogP contribution in [0.1, 0.15) is 59.7 Å². The molecule has 0 spiro atoms. The van der Waals surface area contributed by atoms with Crippen LogP contribution in [0.3, 0.4) is 0 Å². The maximum atomic E-state index is 9.07. The predicted octanol–water partition coefficient (Wildman–Crippen LogP) is 3.11. The van der Waals surface area contributed by atoms with Crippen LogP contribution < -0.4 is 9.13 Å². The van der Waals surface area contributed by atoms with Gasteiger partial charge in [-0.2, -0.15) is 9.13 Å². The highest BCUT2D eigenvalue weighted by Crippen LogP contribution is 2.13. The van der Waals surface area contributed by atoms with E-state index in [9.17, 15) is 0 Å². The van der Waals surface area contributed by atoms with Crippen LogP contribution in [0.2, 0.25) is 0 Å². The van der Waals surface area contributed by atoms with Gasteiger partial charge in [0.05, 0.1) is 9.75 Å². The van der Waals surface area contributed by atoms with Crippen molar-refractivity contribution in [3.63, 3.8) is 0 Å². The van der Waals surface area contributed by atoms with Gasteiger partial charge in [0.25, 0.3) is 0 Å². The lowest BCUT2D eigenvalue weighted by Crippen LogP contribution is -2.34. The maximum absolute atomic E-state index is 9.07. The first-order valence-electron chi connectivity index (χ1n) is 9.82. The van der Waals surface area contributed by atoms with E-state index < -0.39 is 0 Å². The van der Waals surface area contributed by atoms with E-state index in [1.807, 2.05) is 0 Å². The molecule has 0 saturated carbocycles. The van der Waals surface area contributed by atoms with E-state index in [0.29, 0.717) is 0 Å². The van der Waals surface area contributed by atoms with E-state index in [0.717, 1.165) is 25.9 Å². The van der Waals surface area contributed by atoms with Crippen LogP contribution in [-0.4, -0.2) is 23.4 Å². The van der Waals surface area contributed by atoms with Gasteiger partial charge < -0.3 is 10.2 Å². The van der Waals surface area contributed by atoms with E-state index in [1.165, 1.54) is 59.7 Å². The summed E-state index contributed by atoms with van der Waals surface area (Å²) in [6.45, 7) is 7.02. The zero-order valence-corrected chi connectivity index (χ0v) is 17.9. The molecular weight excluding hydrogens is 364 g/mol. The lowest BCUT2D eigenvalue weighted by Gasteiger charge is -2.00. The highest BCUT2D eigenvalue weighted by Gasteiger charge is 2.15. The van der Waals surface area contributed by atoms with Crippen molar-refractivity contribution in [2.45, 2.75) is 78.3 Å². The fourth-order valence-corrected chi connectivity index (χ4v) is 5.33. The Bertz CT molecular complexity index is 596. The molecule has 0 unspecified atom stereocenters. The molecule has 6 heteroatoms. The molecule has 0 aliphatic rings. The highest BCUT2D eigenvalue weighted by atomic mass is 32.1. The standard InChI is InChI=1S/C20H34N2O2S2/c1-17-19(9-13-23)25-15-21(17)11-7-5-3-4-6-8-12-22-16-26-20(10-14-24)18(22)2/h15-16,23-24H,3-14H2,1-2H3/q+2. The Morgan fingerprint density at radius 1 is 0.692 bits per heavy atom. The molecule has 0 aliphatic heterocycles. The number of hydrogen-bond donors (Lipinski definition) is 2. The predicted molar refractivity (Wildman–Crippen MR) is 108 cm³/mol. The summed E-state index contributed by atoms with van der Waals surface area (Å²) in [5.74, 6) is 0. The van der Waals surface area contributed by atoms with Crippen LogP contribution in [0.15, 0.2) is 11.0 Å². The number of unbranched alkanes of at least 4 members (excludes halogenated alkanes) is 5. The van der Waals surface area contributed by atoms with Crippen molar-refractivity contribution in [2.24, 2.45) is 0 Å². The van der Waals surface area contributed by atoms with Crippen molar-refractivity contribution in [1.29, 1.82) is 0 Å². The Morgan fingerprint density at radius 2 is 1.08 bits per heavy atom. The summed E-state index contributed by atoms with van der Waals surface area (Å²) in [6, 6.07) is 0. The van der Waals surface area contributed by atoms with Crippen molar-refractivity contribution in [3.8, 4) is 0 Å². The Kier molecular flexibility index (Phi) is 9.75. The molecule has 2 rings (SSSR count). The number of aliphatic hydroxyl groups excluding tert-OH is 2. The molecule has 2 aromatic heterocycles. The maximum Gasteiger partial charge on any atom is 0.225 e. The average Bonchev–Trinajstić information content (AvgIpc) is 3.15. The third kappa shape index (κ3) is 6.41. The number of aliphatic hydroxyl groups is 2. The highest BCUT2D eigenvalue weighted by molar-refractivity contribution is 7.09. The minimum atomic E-state index is 0.243. The fraction of sp³-hybridized carbons (Fsp3) is 0.700. The Hall–Kier alpha value is -0.820. The van der Waals surface area contributed by atoms with Gasteiger partial charge in [-0.15, -0.1) is 0 Å². The van der Waals surface area contributed by atoms with Crippen LogP contribution in [0, 0.1) is 13.8 Å². The summed E-state index contributed by atoms with van der Waals surface area (Å²) in [7, 11) is 0. The third-order valence-electron chi connectivity index (χ3n) is 5.04. The molecule has 2 aromatic rings. The molecule has 0 amide bonds. The third-order valence-corrected chi connectivity index (χ3v) is 7.33.